The number of ether oxygens (including phenoxy) is 1. The number of rotatable bonds is 4. The largest absolute Gasteiger partial charge is 0.452 e. The van der Waals surface area contributed by atoms with Crippen LogP contribution in [0.2, 0.25) is 0 Å². The van der Waals surface area contributed by atoms with Gasteiger partial charge in [0.1, 0.15) is 12.1 Å². The third-order valence-electron chi connectivity index (χ3n) is 8.51. The van der Waals surface area contributed by atoms with Crippen LogP contribution < -0.4 is 16.1 Å². The topological polar surface area (TPSA) is 142 Å². The number of carbonyl (C=O) groups is 4. The number of hydrogen-bond donors (Lipinski definition) is 3. The van der Waals surface area contributed by atoms with Crippen LogP contribution in [0.15, 0.2) is 41.5 Å². The van der Waals surface area contributed by atoms with Crippen LogP contribution in [0.1, 0.15) is 84.0 Å². The maximum atomic E-state index is 13.5. The predicted octanol–water partition coefficient (Wildman–Crippen LogP) is 3.88. The van der Waals surface area contributed by atoms with Crippen LogP contribution >= 0.6 is 0 Å². The highest BCUT2D eigenvalue weighted by Gasteiger charge is 2.34. The van der Waals surface area contributed by atoms with Gasteiger partial charge in [0, 0.05) is 30.9 Å². The summed E-state index contributed by atoms with van der Waals surface area (Å²) in [7, 11) is 1.72. The minimum absolute atomic E-state index is 0.209. The lowest BCUT2D eigenvalue weighted by Gasteiger charge is -2.35. The van der Waals surface area contributed by atoms with Crippen molar-refractivity contribution in [3.63, 3.8) is 0 Å². The van der Waals surface area contributed by atoms with Crippen molar-refractivity contribution in [2.24, 2.45) is 16.8 Å². The molecule has 0 radical (unpaired) electrons. The van der Waals surface area contributed by atoms with Gasteiger partial charge in [0.25, 0.3) is 11.8 Å². The Hall–Kier alpha value is -4.12. The van der Waals surface area contributed by atoms with Gasteiger partial charge in [-0.05, 0) is 88.0 Å². The standard InChI is InChI=1S/C34H46N6O5/c1-20(2)30-32(42)38-23(5)33(43)40-16-8-11-29(39-40)31(41)37-22(4)25-14-15-26-19-36-28(18-27(26)17-25)10-7-9-24(34(44)45-30)13-12-21(3)35-6/h7,10,14-15,17-20,22-24,29-30,39H,8-9,11-13,16H2,1-6H3,(H,37,41)(H,38,42)/b10-7+,35-21?/t22-,23?,24?,29?,30?/m1/s1. The van der Waals surface area contributed by atoms with Gasteiger partial charge in [-0.25, -0.2) is 5.43 Å². The molecule has 0 saturated carbocycles. The minimum atomic E-state index is -1.08. The summed E-state index contributed by atoms with van der Waals surface area (Å²) in [6.07, 6.45) is 7.22. The molecule has 1 aromatic heterocycles. The quantitative estimate of drug-likeness (QED) is 0.349. The molecule has 4 rings (SSSR count). The molecule has 1 aromatic carbocycles. The van der Waals surface area contributed by atoms with E-state index in [1.807, 2.05) is 50.3 Å². The van der Waals surface area contributed by atoms with Gasteiger partial charge in [-0.1, -0.05) is 32.1 Å². The summed E-state index contributed by atoms with van der Waals surface area (Å²) in [6.45, 7) is 9.42. The maximum Gasteiger partial charge on any atom is 0.310 e. The summed E-state index contributed by atoms with van der Waals surface area (Å²) in [5, 5.41) is 9.16. The summed E-state index contributed by atoms with van der Waals surface area (Å²) in [5.74, 6) is -2.43. The summed E-state index contributed by atoms with van der Waals surface area (Å²) in [4.78, 5) is 62.2. The van der Waals surface area contributed by atoms with Gasteiger partial charge in [0.2, 0.25) is 5.91 Å². The molecule has 2 aromatic rings. The monoisotopic (exact) mass is 618 g/mol. The van der Waals surface area contributed by atoms with Crippen molar-refractivity contribution in [1.29, 1.82) is 0 Å². The highest BCUT2D eigenvalue weighted by molar-refractivity contribution is 5.91. The molecular formula is C34H46N6O5. The van der Waals surface area contributed by atoms with Crippen molar-refractivity contribution in [3.8, 4) is 0 Å². The van der Waals surface area contributed by atoms with Crippen molar-refractivity contribution in [2.45, 2.75) is 91.0 Å². The van der Waals surface area contributed by atoms with Crippen LogP contribution in [0.3, 0.4) is 0 Å². The molecule has 11 heteroatoms. The van der Waals surface area contributed by atoms with Gasteiger partial charge < -0.3 is 15.4 Å². The summed E-state index contributed by atoms with van der Waals surface area (Å²) in [5.41, 5.74) is 5.65. The Morgan fingerprint density at radius 1 is 1.07 bits per heavy atom. The Labute approximate surface area is 265 Å². The molecule has 11 nitrogen and oxygen atoms in total. The summed E-state index contributed by atoms with van der Waals surface area (Å²) >= 11 is 0. The number of benzene rings is 1. The lowest BCUT2D eigenvalue weighted by Crippen LogP contribution is -2.61. The van der Waals surface area contributed by atoms with Crippen LogP contribution in [0, 0.1) is 11.8 Å². The Bertz CT molecular complexity index is 1470. The smallest absolute Gasteiger partial charge is 0.310 e. The molecule has 242 valence electrons. The molecule has 45 heavy (non-hydrogen) atoms. The van der Waals surface area contributed by atoms with Crippen molar-refractivity contribution in [3.05, 3.63) is 47.8 Å². The summed E-state index contributed by atoms with van der Waals surface area (Å²) < 4.78 is 5.83. The molecule has 3 N–H and O–H groups in total. The van der Waals surface area contributed by atoms with Gasteiger partial charge in [0.15, 0.2) is 6.10 Å². The zero-order valence-electron chi connectivity index (χ0n) is 27.1. The highest BCUT2D eigenvalue weighted by atomic mass is 16.5. The normalized spacial score (nSPS) is 26.7. The Kier molecular flexibility index (Phi) is 11.4. The van der Waals surface area contributed by atoms with Crippen LogP contribution in [0.4, 0.5) is 0 Å². The average Bonchev–Trinajstić information content (AvgIpc) is 3.03. The highest BCUT2D eigenvalue weighted by Crippen LogP contribution is 2.23. The lowest BCUT2D eigenvalue weighted by atomic mass is 9.97. The van der Waals surface area contributed by atoms with Gasteiger partial charge in [0.05, 0.1) is 17.7 Å². The molecule has 1 fully saturated rings. The van der Waals surface area contributed by atoms with E-state index in [0.717, 1.165) is 27.7 Å². The predicted molar refractivity (Wildman–Crippen MR) is 174 cm³/mol. The second-order valence-electron chi connectivity index (χ2n) is 12.4. The van der Waals surface area contributed by atoms with E-state index in [1.165, 1.54) is 5.01 Å². The number of hydrogen-bond acceptors (Lipinski definition) is 8. The second kappa shape index (κ2) is 15.2. The SMILES string of the molecule is CN=C(C)CCC1C/C=C/c2cc3cc(ccc3cn2)[C@@H](C)NC(=O)C2CCCN(N2)C(=O)C(C)NC(=O)C(C(C)C)OC1=O. The Morgan fingerprint density at radius 2 is 1.82 bits per heavy atom. The molecule has 2 aliphatic rings. The Morgan fingerprint density at radius 3 is 2.56 bits per heavy atom. The first-order valence-corrected chi connectivity index (χ1v) is 15.8. The first-order chi connectivity index (χ1) is 21.5. The zero-order valence-corrected chi connectivity index (χ0v) is 27.1. The average molecular weight is 619 g/mol. The molecule has 1 saturated heterocycles. The molecule has 3 amide bonds. The number of fused-ring (bicyclic) bond motifs is 4. The van der Waals surface area contributed by atoms with Gasteiger partial charge in [-0.15, -0.1) is 0 Å². The number of allylic oxidation sites excluding steroid dienone is 1. The minimum Gasteiger partial charge on any atom is -0.452 e. The molecule has 3 heterocycles. The second-order valence-corrected chi connectivity index (χ2v) is 12.4. The number of aromatic nitrogens is 1. The van der Waals surface area contributed by atoms with E-state index in [1.54, 1.807) is 34.0 Å². The molecule has 0 spiro atoms. The van der Waals surface area contributed by atoms with Crippen LogP contribution in [0.25, 0.3) is 16.8 Å². The van der Waals surface area contributed by atoms with E-state index in [-0.39, 0.29) is 23.8 Å². The van der Waals surface area contributed by atoms with E-state index in [4.69, 9.17) is 4.74 Å². The maximum absolute atomic E-state index is 13.5. The number of hydrazine groups is 1. The van der Waals surface area contributed by atoms with Crippen molar-refractivity contribution in [2.75, 3.05) is 13.6 Å². The van der Waals surface area contributed by atoms with Crippen LogP contribution in [-0.2, 0) is 23.9 Å². The van der Waals surface area contributed by atoms with Gasteiger partial charge >= 0.3 is 5.97 Å². The molecule has 5 atom stereocenters. The number of carbonyl (C=O) groups excluding carboxylic acids is 4. The van der Waals surface area contributed by atoms with Crippen molar-refractivity contribution >= 4 is 46.3 Å². The number of pyridine rings is 1. The molecule has 2 aliphatic heterocycles. The first kappa shape index (κ1) is 33.8. The van der Waals surface area contributed by atoms with Crippen LogP contribution in [0.5, 0.6) is 0 Å². The van der Waals surface area contributed by atoms with E-state index in [2.05, 4.69) is 26.0 Å². The zero-order chi connectivity index (χ0) is 32.7. The fraction of sp³-hybridized carbons (Fsp3) is 0.529. The Balaban J connectivity index is 1.67. The number of esters is 1. The number of nitrogens with one attached hydrogen (secondary N) is 3. The van der Waals surface area contributed by atoms with Crippen molar-refractivity contribution < 1.29 is 23.9 Å². The number of aliphatic imine (C=N–C) groups is 1. The third kappa shape index (κ3) is 8.75. The first-order valence-electron chi connectivity index (χ1n) is 15.8. The molecule has 5 bridgehead atoms. The third-order valence-corrected chi connectivity index (χ3v) is 8.51. The number of nitrogens with zero attached hydrogens (tertiary/aromatic N) is 3. The van der Waals surface area contributed by atoms with Gasteiger partial charge in [-0.2, -0.15) is 0 Å². The lowest BCUT2D eigenvalue weighted by molar-refractivity contribution is -0.163. The van der Waals surface area contributed by atoms with Crippen LogP contribution in [-0.4, -0.2) is 71.2 Å². The van der Waals surface area contributed by atoms with E-state index >= 15 is 0 Å². The van der Waals surface area contributed by atoms with E-state index in [9.17, 15) is 19.2 Å². The van der Waals surface area contributed by atoms with E-state index < -0.39 is 36.0 Å². The molecule has 4 unspecified atom stereocenters. The van der Waals surface area contributed by atoms with Crippen molar-refractivity contribution in [1.82, 2.24) is 26.1 Å². The fourth-order valence-electron chi connectivity index (χ4n) is 5.55. The number of cyclic esters (lactones) is 1. The molecule has 0 aliphatic carbocycles. The molecular weight excluding hydrogens is 572 g/mol. The van der Waals surface area contributed by atoms with E-state index in [0.29, 0.717) is 38.6 Å². The fourth-order valence-corrected chi connectivity index (χ4v) is 5.55. The number of amides is 3. The van der Waals surface area contributed by atoms with Gasteiger partial charge in [-0.3, -0.25) is 34.2 Å². The summed E-state index contributed by atoms with van der Waals surface area (Å²) in [6, 6.07) is 6.19.